The lowest BCUT2D eigenvalue weighted by Crippen LogP contribution is -2.63. The molecule has 1 fully saturated rings. The minimum Gasteiger partial charge on any atom is -0.390 e. The third-order valence-corrected chi connectivity index (χ3v) is 16.1. The van der Waals surface area contributed by atoms with Gasteiger partial charge in [-0.05, 0) is 101 Å². The topological polar surface area (TPSA) is 279 Å². The van der Waals surface area contributed by atoms with Crippen LogP contribution in [0, 0.1) is 41.4 Å². The second-order valence-corrected chi connectivity index (χ2v) is 26.1. The number of aliphatic hydroxyl groups is 1. The number of nitrogens with one attached hydrogen (secondary N) is 4. The fourth-order valence-electron chi connectivity index (χ4n) is 10.7. The number of aliphatic hydroxyl groups excluding tert-OH is 1. The van der Waals surface area contributed by atoms with Crippen molar-refractivity contribution < 1.29 is 72.0 Å². The number of hydrogen-bond acceptors (Lipinski definition) is 12. The average molecular weight is 1260 g/mol. The van der Waals surface area contributed by atoms with Crippen molar-refractivity contribution in [2.24, 2.45) is 41.4 Å². The van der Waals surface area contributed by atoms with Crippen molar-refractivity contribution in [1.29, 1.82) is 0 Å². The van der Waals surface area contributed by atoms with Crippen molar-refractivity contribution in [3.8, 4) is 0 Å². The molecule has 0 bridgehead atoms. The van der Waals surface area contributed by atoms with Crippen LogP contribution in [0.2, 0.25) is 0 Å². The van der Waals surface area contributed by atoms with Gasteiger partial charge in [-0.25, -0.2) is 0 Å². The van der Waals surface area contributed by atoms with Crippen LogP contribution >= 0.6 is 0 Å². The summed E-state index contributed by atoms with van der Waals surface area (Å²) < 4.78 is 0. The summed E-state index contributed by atoms with van der Waals surface area (Å²) in [6, 6.07) is -12.3. The zero-order valence-electron chi connectivity index (χ0n) is 57.3. The highest BCUT2D eigenvalue weighted by molar-refractivity contribution is 5.99. The van der Waals surface area contributed by atoms with Crippen LogP contribution in [-0.2, 0) is 52.7 Å². The smallest absolute Gasteiger partial charge is 0.246 e. The first-order valence-electron chi connectivity index (χ1n) is 30.6. The first-order valence-corrected chi connectivity index (χ1v) is 30.6. The minimum atomic E-state index is -1.61. The Hall–Kier alpha value is -6.34. The summed E-state index contributed by atoms with van der Waals surface area (Å²) in [6.07, 6.45) is 3.04. The molecule has 5 N–H and O–H groups in total. The Kier molecular flexibility index (Phi) is 38.0. The van der Waals surface area contributed by atoms with E-state index in [1.54, 1.807) is 54.5 Å². The van der Waals surface area contributed by atoms with Crippen molar-refractivity contribution >= 4 is 65.0 Å². The molecule has 0 unspecified atom stereocenters. The third kappa shape index (κ3) is 23.9. The van der Waals surface area contributed by atoms with E-state index in [9.17, 15) is 48.3 Å². The lowest BCUT2D eigenvalue weighted by molar-refractivity contribution is -0.157. The number of halogens is 3. The summed E-state index contributed by atoms with van der Waals surface area (Å²) in [7, 11) is 9.92. The fraction of sp³-hybridized carbons (Fsp3) is 0.790. The normalized spacial score (nSPS) is 26.0. The number of likely N-dealkylation sites (N-methyl/N-ethyl adjacent to an activating group) is 7. The first-order chi connectivity index (χ1) is 39.2. The van der Waals surface area contributed by atoms with Gasteiger partial charge in [0.1, 0.15) is 60.4 Å². The fourth-order valence-corrected chi connectivity index (χ4v) is 10.7. The molecule has 1 saturated heterocycles. The molecule has 0 saturated carbocycles. The largest absolute Gasteiger partial charge is 0.390 e. The Bertz CT molecular complexity index is 2340. The van der Waals surface area contributed by atoms with Crippen LogP contribution in [0.4, 0.5) is 14.1 Å². The van der Waals surface area contributed by atoms with Gasteiger partial charge < -0.3 is 60.7 Å². The number of allylic oxidation sites excluding steroid dienone is 2. The Balaban J connectivity index is -0.0000241. The predicted octanol–water partition coefficient (Wildman–Crippen LogP) is 3.73. The van der Waals surface area contributed by atoms with Gasteiger partial charge in [0.05, 0.1) is 12.6 Å². The maximum Gasteiger partial charge on any atom is 0.246 e. The average Bonchev–Trinajstić information content (AvgIpc) is 3.57. The van der Waals surface area contributed by atoms with E-state index in [4.69, 9.17) is 0 Å². The number of amides is 11. The monoisotopic (exact) mass is 1260 g/mol. The van der Waals surface area contributed by atoms with Crippen LogP contribution in [0.15, 0.2) is 12.2 Å². The number of nitrogens with zero attached hydrogens (tertiary/aromatic N) is 7. The molecule has 88 heavy (non-hydrogen) atoms. The van der Waals surface area contributed by atoms with Crippen LogP contribution in [0.1, 0.15) is 156 Å². The first kappa shape index (κ1) is 85.9. The van der Waals surface area contributed by atoms with Gasteiger partial charge in [-0.1, -0.05) is 109 Å². The second kappa shape index (κ2) is 38.9. The molecule has 12 atom stereocenters. The van der Waals surface area contributed by atoms with Crippen molar-refractivity contribution in [3.05, 3.63) is 12.2 Å². The summed E-state index contributed by atoms with van der Waals surface area (Å²) >= 11 is 0. The van der Waals surface area contributed by atoms with Crippen LogP contribution in [0.3, 0.4) is 0 Å². The Morgan fingerprint density at radius 2 is 0.852 bits per heavy atom. The Morgan fingerprint density at radius 3 is 1.28 bits per heavy atom. The van der Waals surface area contributed by atoms with E-state index in [0.717, 1.165) is 9.80 Å². The van der Waals surface area contributed by atoms with Crippen molar-refractivity contribution in [3.63, 3.8) is 0 Å². The van der Waals surface area contributed by atoms with Crippen molar-refractivity contribution in [2.45, 2.75) is 223 Å². The predicted molar refractivity (Wildman–Crippen MR) is 336 cm³/mol. The molecule has 1 aliphatic rings. The maximum absolute atomic E-state index is 15.1. The minimum absolute atomic E-state index is 0. The lowest BCUT2D eigenvalue weighted by Gasteiger charge is -2.41. The van der Waals surface area contributed by atoms with E-state index in [1.807, 2.05) is 61.5 Å². The number of carbonyl (C=O) groups is 11. The van der Waals surface area contributed by atoms with Crippen molar-refractivity contribution in [2.75, 3.05) is 55.9 Å². The molecule has 0 aliphatic carbocycles. The lowest BCUT2D eigenvalue weighted by atomic mass is 9.91. The summed E-state index contributed by atoms with van der Waals surface area (Å²) in [5.74, 6) is -9.71. The van der Waals surface area contributed by atoms with Gasteiger partial charge in [-0.15, -0.1) is 0 Å². The van der Waals surface area contributed by atoms with Crippen LogP contribution < -0.4 is 21.3 Å². The molecule has 0 radical (unpaired) electrons. The van der Waals surface area contributed by atoms with Gasteiger partial charge in [0.25, 0.3) is 0 Å². The SMILES string of the molecule is CC=CC[C@@H](C)[C@@H](O)[C@H]1C(=O)N[C@@H](CC)C(=O)N(C)CC(=O)N(C)[C@@H](CC(C)C)C(=O)N[C@@H](C(C)C)C(=O)N(C)[C@@H](CC(C)C)C(=O)N[C@@H](C)C(=O)N[C@H](C)C(=O)N(C)[C@@H](CC(C)C)C(=O)N(C)[C@@H](CC(C)C)C(=O)N(C)[C@@H](C(C)C)C(=O)N1C.F.F.F. The highest BCUT2D eigenvalue weighted by atomic mass is 19.0. The number of carbonyl (C=O) groups excluding carboxylic acids is 11. The van der Waals surface area contributed by atoms with Gasteiger partial charge in [-0.3, -0.25) is 66.9 Å². The highest BCUT2D eigenvalue weighted by Crippen LogP contribution is 2.26. The summed E-state index contributed by atoms with van der Waals surface area (Å²) in [4.78, 5) is 169. The van der Waals surface area contributed by atoms with Gasteiger partial charge >= 0.3 is 0 Å². The maximum atomic E-state index is 15.1. The van der Waals surface area contributed by atoms with Gasteiger partial charge in [-0.2, -0.15) is 0 Å². The highest BCUT2D eigenvalue weighted by Gasteiger charge is 2.45. The Labute approximate surface area is 523 Å². The van der Waals surface area contributed by atoms with Gasteiger partial charge in [0, 0.05) is 49.3 Å². The van der Waals surface area contributed by atoms with Crippen LogP contribution in [0.5, 0.6) is 0 Å². The van der Waals surface area contributed by atoms with E-state index in [1.165, 1.54) is 87.7 Å². The van der Waals surface area contributed by atoms with Crippen LogP contribution in [-0.4, -0.2) is 227 Å². The van der Waals surface area contributed by atoms with E-state index in [0.29, 0.717) is 6.42 Å². The molecule has 26 heteroatoms. The molecule has 0 aromatic heterocycles. The van der Waals surface area contributed by atoms with Crippen molar-refractivity contribution in [1.82, 2.24) is 55.6 Å². The van der Waals surface area contributed by atoms with E-state index in [-0.39, 0.29) is 69.9 Å². The zero-order chi connectivity index (χ0) is 66.0. The molecule has 1 rings (SSSR count). The molecule has 1 heterocycles. The number of rotatable bonds is 15. The molecule has 11 amide bonds. The summed E-state index contributed by atoms with van der Waals surface area (Å²) in [5.41, 5.74) is 0. The van der Waals surface area contributed by atoms with Gasteiger partial charge in [0.15, 0.2) is 0 Å². The molecule has 23 nitrogen and oxygen atoms in total. The van der Waals surface area contributed by atoms with E-state index in [2.05, 4.69) is 21.3 Å². The molecule has 1 aliphatic heterocycles. The molecule has 0 aromatic rings. The van der Waals surface area contributed by atoms with E-state index < -0.39 is 156 Å². The summed E-state index contributed by atoms with van der Waals surface area (Å²) in [5, 5.41) is 23.1. The quantitative estimate of drug-likeness (QED) is 0.147. The molecular weight excluding hydrogens is 1150 g/mol. The zero-order valence-corrected chi connectivity index (χ0v) is 57.3. The molecule has 510 valence electrons. The Morgan fingerprint density at radius 1 is 0.455 bits per heavy atom. The van der Waals surface area contributed by atoms with Crippen LogP contribution in [0.25, 0.3) is 0 Å². The third-order valence-electron chi connectivity index (χ3n) is 16.1. The standard InChI is InChI=1S/C62H111N11O12.3FH/c1-25-27-28-40(15)52(75)51-56(79)65-43(26-2)58(81)67(18)33-48(74)68(19)44(29-34(3)4)55(78)66-49(38(11)12)61(84)69(20)45(30-35(5)6)54(77)63-41(16)53(76)64-42(17)57(80)70(21)46(31-36(7)8)59(82)71(22)47(32-37(9)10)60(83)72(23)50(39(13)14)62(85)73(51)24;;;/h25,27,34-47,49-52,75H,26,28-33H2,1-24H3,(H,63,77)(H,64,76)(H,65,79)(H,66,78);3*1H/t40-,41+,42-,43+,44+,45+,46+,47+,49+,50+,51+,52-;;;/m1.../s1. The molecule has 0 aromatic carbocycles. The molecule has 0 spiro atoms. The van der Waals surface area contributed by atoms with E-state index >= 15 is 9.59 Å². The second-order valence-electron chi connectivity index (χ2n) is 26.1. The molecular formula is C62H114F3N11O12. The summed E-state index contributed by atoms with van der Waals surface area (Å²) in [6.45, 7) is 29.3. The number of hydrogen-bond donors (Lipinski definition) is 5. The van der Waals surface area contributed by atoms with Gasteiger partial charge in [0.2, 0.25) is 65.0 Å².